The van der Waals surface area contributed by atoms with Crippen molar-refractivity contribution in [3.63, 3.8) is 0 Å². The summed E-state index contributed by atoms with van der Waals surface area (Å²) in [5.74, 6) is 1.32. The molecular formula is C23H18ClN3O3. The van der Waals surface area contributed by atoms with Crippen LogP contribution < -0.4 is 20.1 Å². The highest BCUT2D eigenvalue weighted by Crippen LogP contribution is 2.28. The van der Waals surface area contributed by atoms with Crippen LogP contribution in [0.3, 0.4) is 0 Å². The maximum atomic E-state index is 12.4. The van der Waals surface area contributed by atoms with Crippen molar-refractivity contribution < 1.29 is 14.3 Å². The molecule has 3 aromatic carbocycles. The second-order valence-electron chi connectivity index (χ2n) is 6.05. The standard InChI is InChI=1S/C23H18ClN3O3/c1-29-22-12-7-17(24)13-21(22)26-15-16(14-25)23(28)27-18-8-10-20(11-9-18)30-19-5-3-2-4-6-19/h2-13,15,26H,1H3,(H,27,28)/b16-15-. The Kier molecular flexibility index (Phi) is 6.93. The Morgan fingerprint density at radius 2 is 1.73 bits per heavy atom. The van der Waals surface area contributed by atoms with E-state index in [9.17, 15) is 10.1 Å². The minimum Gasteiger partial charge on any atom is -0.495 e. The van der Waals surface area contributed by atoms with Crippen molar-refractivity contribution in [3.8, 4) is 23.3 Å². The molecule has 0 fully saturated rings. The minimum absolute atomic E-state index is 0.110. The van der Waals surface area contributed by atoms with Crippen LogP contribution in [0.15, 0.2) is 84.6 Å². The molecule has 0 aliphatic heterocycles. The van der Waals surface area contributed by atoms with Gasteiger partial charge >= 0.3 is 0 Å². The topological polar surface area (TPSA) is 83.4 Å². The lowest BCUT2D eigenvalue weighted by molar-refractivity contribution is -0.112. The molecule has 1 amide bonds. The predicted octanol–water partition coefficient (Wildman–Crippen LogP) is 5.60. The highest BCUT2D eigenvalue weighted by Gasteiger charge is 2.11. The Hall–Kier alpha value is -3.95. The van der Waals surface area contributed by atoms with Gasteiger partial charge in [0.05, 0.1) is 12.8 Å². The van der Waals surface area contributed by atoms with Crippen LogP contribution in [0.1, 0.15) is 0 Å². The van der Waals surface area contributed by atoms with Gasteiger partial charge in [0.2, 0.25) is 0 Å². The Morgan fingerprint density at radius 3 is 2.40 bits per heavy atom. The van der Waals surface area contributed by atoms with Crippen LogP contribution >= 0.6 is 11.6 Å². The van der Waals surface area contributed by atoms with Crippen molar-refractivity contribution >= 4 is 28.9 Å². The number of hydrogen-bond donors (Lipinski definition) is 2. The minimum atomic E-state index is -0.553. The van der Waals surface area contributed by atoms with E-state index in [2.05, 4.69) is 10.6 Å². The van der Waals surface area contributed by atoms with E-state index in [0.717, 1.165) is 0 Å². The van der Waals surface area contributed by atoms with Crippen LogP contribution in [0.5, 0.6) is 17.2 Å². The van der Waals surface area contributed by atoms with Gasteiger partial charge in [0.25, 0.3) is 5.91 Å². The van der Waals surface area contributed by atoms with Crippen molar-refractivity contribution in [3.05, 3.63) is 89.6 Å². The second-order valence-corrected chi connectivity index (χ2v) is 6.49. The molecule has 0 radical (unpaired) electrons. The molecule has 3 rings (SSSR count). The fourth-order valence-corrected chi connectivity index (χ4v) is 2.69. The van der Waals surface area contributed by atoms with E-state index in [1.165, 1.54) is 13.3 Å². The van der Waals surface area contributed by atoms with Crippen molar-refractivity contribution in [1.29, 1.82) is 5.26 Å². The number of anilines is 2. The summed E-state index contributed by atoms with van der Waals surface area (Å²) in [4.78, 5) is 12.4. The van der Waals surface area contributed by atoms with E-state index in [4.69, 9.17) is 21.1 Å². The number of halogens is 1. The number of nitrogens with one attached hydrogen (secondary N) is 2. The van der Waals surface area contributed by atoms with Gasteiger partial charge in [-0.15, -0.1) is 0 Å². The largest absolute Gasteiger partial charge is 0.495 e. The first-order chi connectivity index (χ1) is 14.6. The molecule has 30 heavy (non-hydrogen) atoms. The smallest absolute Gasteiger partial charge is 0.267 e. The molecule has 0 aromatic heterocycles. The molecule has 150 valence electrons. The Labute approximate surface area is 179 Å². The molecule has 3 aromatic rings. The number of carbonyl (C=O) groups excluding carboxylic acids is 1. The average molecular weight is 420 g/mol. The van der Waals surface area contributed by atoms with Gasteiger partial charge < -0.3 is 20.1 Å². The molecule has 0 saturated carbocycles. The first-order valence-electron chi connectivity index (χ1n) is 8.93. The van der Waals surface area contributed by atoms with Crippen LogP contribution in [0.25, 0.3) is 0 Å². The van der Waals surface area contributed by atoms with Gasteiger partial charge in [0.15, 0.2) is 0 Å². The molecule has 0 saturated heterocycles. The Bertz CT molecular complexity index is 1090. The fraction of sp³-hybridized carbons (Fsp3) is 0.0435. The van der Waals surface area contributed by atoms with Crippen LogP contribution in [0.4, 0.5) is 11.4 Å². The molecule has 0 aliphatic carbocycles. The molecule has 0 atom stereocenters. The number of amides is 1. The zero-order valence-corrected chi connectivity index (χ0v) is 16.8. The monoisotopic (exact) mass is 419 g/mol. The average Bonchev–Trinajstić information content (AvgIpc) is 2.76. The lowest BCUT2D eigenvalue weighted by Crippen LogP contribution is -2.14. The molecule has 0 aliphatic rings. The van der Waals surface area contributed by atoms with Gasteiger partial charge in [0.1, 0.15) is 28.9 Å². The van der Waals surface area contributed by atoms with Gasteiger partial charge in [0, 0.05) is 16.9 Å². The molecule has 0 bridgehead atoms. The number of benzene rings is 3. The number of para-hydroxylation sites is 1. The zero-order chi connectivity index (χ0) is 21.3. The maximum Gasteiger partial charge on any atom is 0.267 e. The van der Waals surface area contributed by atoms with Crippen molar-refractivity contribution in [2.75, 3.05) is 17.7 Å². The van der Waals surface area contributed by atoms with Crippen molar-refractivity contribution in [2.24, 2.45) is 0 Å². The molecule has 2 N–H and O–H groups in total. The highest BCUT2D eigenvalue weighted by molar-refractivity contribution is 6.31. The summed E-state index contributed by atoms with van der Waals surface area (Å²) in [6.45, 7) is 0. The Morgan fingerprint density at radius 1 is 1.03 bits per heavy atom. The van der Waals surface area contributed by atoms with Gasteiger partial charge in [-0.25, -0.2) is 0 Å². The quantitative estimate of drug-likeness (QED) is 0.384. The number of methoxy groups -OCH3 is 1. The van der Waals surface area contributed by atoms with E-state index in [-0.39, 0.29) is 5.57 Å². The summed E-state index contributed by atoms with van der Waals surface area (Å²) >= 11 is 5.99. The highest BCUT2D eigenvalue weighted by atomic mass is 35.5. The zero-order valence-electron chi connectivity index (χ0n) is 16.1. The van der Waals surface area contributed by atoms with Crippen LogP contribution in [-0.4, -0.2) is 13.0 Å². The molecule has 6 nitrogen and oxygen atoms in total. The van der Waals surface area contributed by atoms with E-state index in [0.29, 0.717) is 33.6 Å². The second kappa shape index (κ2) is 10.0. The van der Waals surface area contributed by atoms with Crippen molar-refractivity contribution in [1.82, 2.24) is 0 Å². The van der Waals surface area contributed by atoms with E-state index in [1.807, 2.05) is 36.4 Å². The molecule has 0 spiro atoms. The fourth-order valence-electron chi connectivity index (χ4n) is 2.52. The predicted molar refractivity (Wildman–Crippen MR) is 117 cm³/mol. The van der Waals surface area contributed by atoms with E-state index in [1.54, 1.807) is 42.5 Å². The SMILES string of the molecule is COc1ccc(Cl)cc1N/C=C(/C#N)C(=O)Nc1ccc(Oc2ccccc2)cc1. The third-order valence-electron chi connectivity index (χ3n) is 3.99. The summed E-state index contributed by atoms with van der Waals surface area (Å²) in [6.07, 6.45) is 1.30. The van der Waals surface area contributed by atoms with Crippen LogP contribution in [0, 0.1) is 11.3 Å². The summed E-state index contributed by atoms with van der Waals surface area (Å²) in [5, 5.41) is 15.4. The number of hydrogen-bond acceptors (Lipinski definition) is 5. The van der Waals surface area contributed by atoms with E-state index >= 15 is 0 Å². The number of ether oxygens (including phenoxy) is 2. The van der Waals surface area contributed by atoms with E-state index < -0.39 is 5.91 Å². The van der Waals surface area contributed by atoms with Gasteiger partial charge in [-0.3, -0.25) is 4.79 Å². The molecule has 0 heterocycles. The third-order valence-corrected chi connectivity index (χ3v) is 4.22. The first kappa shape index (κ1) is 20.8. The maximum absolute atomic E-state index is 12.4. The molecular weight excluding hydrogens is 402 g/mol. The number of carbonyl (C=O) groups is 1. The lowest BCUT2D eigenvalue weighted by Gasteiger charge is -2.10. The van der Waals surface area contributed by atoms with Gasteiger partial charge in [-0.05, 0) is 54.6 Å². The summed E-state index contributed by atoms with van der Waals surface area (Å²) in [6, 6.07) is 23.1. The summed E-state index contributed by atoms with van der Waals surface area (Å²) in [7, 11) is 1.52. The third kappa shape index (κ3) is 5.53. The van der Waals surface area contributed by atoms with Crippen molar-refractivity contribution in [2.45, 2.75) is 0 Å². The Balaban J connectivity index is 1.66. The van der Waals surface area contributed by atoms with Crippen LogP contribution in [-0.2, 0) is 4.79 Å². The number of nitrogens with zero attached hydrogens (tertiary/aromatic N) is 1. The molecule has 7 heteroatoms. The number of nitriles is 1. The number of rotatable bonds is 7. The van der Waals surface area contributed by atoms with Crippen LogP contribution in [0.2, 0.25) is 5.02 Å². The normalized spacial score (nSPS) is 10.6. The molecule has 0 unspecified atom stereocenters. The van der Waals surface area contributed by atoms with Gasteiger partial charge in [-0.2, -0.15) is 5.26 Å². The lowest BCUT2D eigenvalue weighted by atomic mass is 10.2. The van der Waals surface area contributed by atoms with Gasteiger partial charge in [-0.1, -0.05) is 29.8 Å². The first-order valence-corrected chi connectivity index (χ1v) is 9.31. The summed E-state index contributed by atoms with van der Waals surface area (Å²) in [5.41, 5.74) is 0.955. The summed E-state index contributed by atoms with van der Waals surface area (Å²) < 4.78 is 10.9.